The van der Waals surface area contributed by atoms with Gasteiger partial charge in [0.05, 0.1) is 10.8 Å². The number of hydrogen-bond acceptors (Lipinski definition) is 5. The largest absolute Gasteiger partial charge is 0.367 e. The highest BCUT2D eigenvalue weighted by Crippen LogP contribution is 2.44. The second-order valence-corrected chi connectivity index (χ2v) is 6.86. The predicted molar refractivity (Wildman–Crippen MR) is 103 cm³/mol. The predicted octanol–water partition coefficient (Wildman–Crippen LogP) is 2.93. The zero-order valence-corrected chi connectivity index (χ0v) is 14.8. The van der Waals surface area contributed by atoms with E-state index >= 15 is 0 Å². The van der Waals surface area contributed by atoms with Crippen LogP contribution in [0, 0.1) is 10.1 Å². The van der Waals surface area contributed by atoms with Crippen LogP contribution in [-0.2, 0) is 0 Å². The van der Waals surface area contributed by atoms with E-state index < -0.39 is 11.6 Å². The van der Waals surface area contributed by atoms with Crippen molar-refractivity contribution in [2.75, 3.05) is 13.1 Å². The van der Waals surface area contributed by atoms with Crippen molar-refractivity contribution >= 4 is 6.08 Å². The normalized spacial score (nSPS) is 24.8. The Morgan fingerprint density at radius 3 is 2.48 bits per heavy atom. The van der Waals surface area contributed by atoms with E-state index in [2.05, 4.69) is 5.32 Å². The van der Waals surface area contributed by atoms with E-state index in [1.54, 1.807) is 11.0 Å². The van der Waals surface area contributed by atoms with Gasteiger partial charge in [0.15, 0.2) is 11.5 Å². The number of aliphatic hydroxyl groups is 1. The summed E-state index contributed by atoms with van der Waals surface area (Å²) < 4.78 is 0. The zero-order valence-electron chi connectivity index (χ0n) is 14.8. The second-order valence-electron chi connectivity index (χ2n) is 6.86. The van der Waals surface area contributed by atoms with Crippen molar-refractivity contribution in [3.05, 3.63) is 99.5 Å². The van der Waals surface area contributed by atoms with Gasteiger partial charge in [-0.25, -0.2) is 0 Å². The van der Waals surface area contributed by atoms with Gasteiger partial charge in [-0.05, 0) is 17.2 Å². The van der Waals surface area contributed by atoms with Crippen LogP contribution in [0.1, 0.15) is 23.5 Å². The molecule has 2 heterocycles. The van der Waals surface area contributed by atoms with Gasteiger partial charge in [-0.2, -0.15) is 0 Å². The second kappa shape index (κ2) is 6.89. The summed E-state index contributed by atoms with van der Waals surface area (Å²) >= 11 is 0. The Morgan fingerprint density at radius 1 is 1.15 bits per heavy atom. The minimum absolute atomic E-state index is 0.122. The average Bonchev–Trinajstić information content (AvgIpc) is 3.18. The number of allylic oxidation sites excluding steroid dienone is 1. The molecule has 1 saturated heterocycles. The van der Waals surface area contributed by atoms with Crippen molar-refractivity contribution in [3.8, 4) is 0 Å². The number of hydrogen-bond donors (Lipinski definition) is 2. The van der Waals surface area contributed by atoms with E-state index in [1.165, 1.54) is 0 Å². The lowest BCUT2D eigenvalue weighted by Gasteiger charge is -2.41. The maximum Gasteiger partial charge on any atom is 0.293 e. The molecule has 4 rings (SSSR count). The standard InChI is InChI=1S/C21H21N3O3/c25-21(12-11-16-7-3-1-4-8-16)15-18(17-9-5-2-6-10-17)19(24(26)27)20-22-13-14-23(20)21/h1-12,18,22,25H,13-15H2/b12-11+/t18?,21-/m0/s1. The first-order valence-electron chi connectivity index (χ1n) is 9.00. The van der Waals surface area contributed by atoms with Gasteiger partial charge in [-0.3, -0.25) is 10.1 Å². The molecule has 27 heavy (non-hydrogen) atoms. The summed E-state index contributed by atoms with van der Waals surface area (Å²) in [5, 5.41) is 26.4. The Hall–Kier alpha value is -3.12. The van der Waals surface area contributed by atoms with Crippen LogP contribution in [0.15, 0.2) is 78.3 Å². The van der Waals surface area contributed by atoms with Crippen LogP contribution in [0.5, 0.6) is 0 Å². The minimum atomic E-state index is -1.30. The summed E-state index contributed by atoms with van der Waals surface area (Å²) in [7, 11) is 0. The van der Waals surface area contributed by atoms with Crippen molar-refractivity contribution in [1.82, 2.24) is 10.2 Å². The Bertz CT molecular complexity index is 895. The lowest BCUT2D eigenvalue weighted by molar-refractivity contribution is -0.436. The number of benzene rings is 2. The van der Waals surface area contributed by atoms with Gasteiger partial charge in [0.2, 0.25) is 0 Å². The lowest BCUT2D eigenvalue weighted by Crippen LogP contribution is -2.51. The van der Waals surface area contributed by atoms with E-state index in [0.29, 0.717) is 18.9 Å². The highest BCUT2D eigenvalue weighted by atomic mass is 16.6. The van der Waals surface area contributed by atoms with Crippen LogP contribution in [-0.4, -0.2) is 33.7 Å². The first-order valence-corrected chi connectivity index (χ1v) is 9.00. The third-order valence-corrected chi connectivity index (χ3v) is 5.18. The summed E-state index contributed by atoms with van der Waals surface area (Å²) in [5.74, 6) is -0.0798. The molecule has 0 bridgehead atoms. The number of nitrogens with zero attached hydrogens (tertiary/aromatic N) is 2. The Morgan fingerprint density at radius 2 is 1.81 bits per heavy atom. The molecule has 2 aliphatic heterocycles. The van der Waals surface area contributed by atoms with Gasteiger partial charge < -0.3 is 15.3 Å². The van der Waals surface area contributed by atoms with E-state index in [1.807, 2.05) is 66.7 Å². The molecule has 0 aliphatic carbocycles. The van der Waals surface area contributed by atoms with Crippen LogP contribution in [0.3, 0.4) is 0 Å². The van der Waals surface area contributed by atoms with Crippen molar-refractivity contribution in [2.45, 2.75) is 18.1 Å². The SMILES string of the molecule is O=[N+]([O-])C1=C2NCCN2[C@](O)(/C=C/c2ccccc2)CC1c1ccccc1. The van der Waals surface area contributed by atoms with Crippen molar-refractivity contribution in [3.63, 3.8) is 0 Å². The molecule has 0 radical (unpaired) electrons. The summed E-state index contributed by atoms with van der Waals surface area (Å²) in [6.07, 6.45) is 3.85. The molecular weight excluding hydrogens is 342 g/mol. The van der Waals surface area contributed by atoms with E-state index in [0.717, 1.165) is 11.1 Å². The molecule has 2 aromatic rings. The molecule has 2 aromatic carbocycles. The van der Waals surface area contributed by atoms with Gasteiger partial charge in [0, 0.05) is 19.5 Å². The first kappa shape index (κ1) is 17.3. The molecule has 2 atom stereocenters. The van der Waals surface area contributed by atoms with Crippen LogP contribution in [0.2, 0.25) is 0 Å². The molecule has 2 N–H and O–H groups in total. The molecule has 1 unspecified atom stereocenters. The maximum atomic E-state index is 11.9. The quantitative estimate of drug-likeness (QED) is 0.645. The Balaban J connectivity index is 1.78. The summed E-state index contributed by atoms with van der Waals surface area (Å²) in [4.78, 5) is 13.2. The minimum Gasteiger partial charge on any atom is -0.367 e. The van der Waals surface area contributed by atoms with Gasteiger partial charge in [-0.1, -0.05) is 66.7 Å². The fourth-order valence-corrected chi connectivity index (χ4v) is 3.91. The van der Waals surface area contributed by atoms with E-state index in [4.69, 9.17) is 0 Å². The van der Waals surface area contributed by atoms with Crippen molar-refractivity contribution in [1.29, 1.82) is 0 Å². The van der Waals surface area contributed by atoms with Crippen LogP contribution in [0.25, 0.3) is 6.08 Å². The zero-order chi connectivity index (χ0) is 18.9. The lowest BCUT2D eigenvalue weighted by atomic mass is 9.83. The number of rotatable bonds is 4. The van der Waals surface area contributed by atoms with Crippen LogP contribution >= 0.6 is 0 Å². The molecule has 0 spiro atoms. The fourth-order valence-electron chi connectivity index (χ4n) is 3.91. The van der Waals surface area contributed by atoms with Crippen LogP contribution < -0.4 is 5.32 Å². The molecule has 1 fully saturated rings. The summed E-state index contributed by atoms with van der Waals surface area (Å²) in [5.41, 5.74) is 0.627. The smallest absolute Gasteiger partial charge is 0.293 e. The highest BCUT2D eigenvalue weighted by molar-refractivity contribution is 5.51. The monoisotopic (exact) mass is 363 g/mol. The van der Waals surface area contributed by atoms with Gasteiger partial charge in [0.25, 0.3) is 5.70 Å². The van der Waals surface area contributed by atoms with E-state index in [-0.39, 0.29) is 17.0 Å². The molecular formula is C21H21N3O3. The Labute approximate surface area is 157 Å². The number of nitrogens with one attached hydrogen (secondary N) is 1. The molecule has 6 nitrogen and oxygen atoms in total. The fraction of sp³-hybridized carbons (Fsp3) is 0.238. The third-order valence-electron chi connectivity index (χ3n) is 5.18. The molecule has 0 amide bonds. The third kappa shape index (κ3) is 3.19. The molecule has 2 aliphatic rings. The molecule has 0 aromatic heterocycles. The highest BCUT2D eigenvalue weighted by Gasteiger charge is 2.50. The van der Waals surface area contributed by atoms with Gasteiger partial charge >= 0.3 is 0 Å². The topological polar surface area (TPSA) is 78.6 Å². The van der Waals surface area contributed by atoms with Crippen molar-refractivity contribution in [2.24, 2.45) is 0 Å². The van der Waals surface area contributed by atoms with E-state index in [9.17, 15) is 15.2 Å². The summed E-state index contributed by atoms with van der Waals surface area (Å²) in [6.45, 7) is 1.08. The van der Waals surface area contributed by atoms with Crippen LogP contribution in [0.4, 0.5) is 0 Å². The average molecular weight is 363 g/mol. The molecule has 138 valence electrons. The maximum absolute atomic E-state index is 11.9. The molecule has 6 heteroatoms. The number of nitro groups is 1. The van der Waals surface area contributed by atoms with Gasteiger partial charge in [0.1, 0.15) is 0 Å². The number of fused-ring (bicyclic) bond motifs is 1. The Kier molecular flexibility index (Phi) is 4.41. The van der Waals surface area contributed by atoms with Gasteiger partial charge in [-0.15, -0.1) is 0 Å². The summed E-state index contributed by atoms with van der Waals surface area (Å²) in [6, 6.07) is 19.1. The van der Waals surface area contributed by atoms with Crippen molar-refractivity contribution < 1.29 is 10.0 Å². The first-order chi connectivity index (χ1) is 13.1. The molecule has 0 saturated carbocycles.